The molecule has 0 aliphatic rings. The van der Waals surface area contributed by atoms with E-state index in [1.165, 1.54) is 0 Å². The van der Waals surface area contributed by atoms with Crippen LogP contribution in [0, 0.1) is 13.8 Å². The molecule has 0 saturated heterocycles. The third kappa shape index (κ3) is 2.68. The van der Waals surface area contributed by atoms with Gasteiger partial charge in [0.25, 0.3) is 0 Å². The van der Waals surface area contributed by atoms with E-state index in [-0.39, 0.29) is 0 Å². The van der Waals surface area contributed by atoms with Gasteiger partial charge < -0.3 is 4.74 Å². The highest BCUT2D eigenvalue weighted by atomic mass is 35.5. The summed E-state index contributed by atoms with van der Waals surface area (Å²) in [7, 11) is 0. The summed E-state index contributed by atoms with van der Waals surface area (Å²) in [6.07, 6.45) is 1.65. The molecule has 0 unspecified atom stereocenters. The molecule has 0 atom stereocenters. The van der Waals surface area contributed by atoms with Gasteiger partial charge in [-0.05, 0) is 49.7 Å². The largest absolute Gasteiger partial charge is 0.421 e. The summed E-state index contributed by atoms with van der Waals surface area (Å²) in [5, 5.41) is 1.34. The molecule has 2 aromatic carbocycles. The van der Waals surface area contributed by atoms with Gasteiger partial charge in [-0.3, -0.25) is 4.98 Å². The number of rotatable bonds is 2. The summed E-state index contributed by atoms with van der Waals surface area (Å²) in [6, 6.07) is 12.6. The molecule has 0 aliphatic heterocycles. The van der Waals surface area contributed by atoms with E-state index < -0.39 is 5.97 Å². The van der Waals surface area contributed by atoms with Gasteiger partial charge in [0.15, 0.2) is 5.75 Å². The lowest BCUT2D eigenvalue weighted by atomic mass is 10.1. The molecule has 1 aromatic heterocycles. The minimum absolute atomic E-state index is 0.397. The van der Waals surface area contributed by atoms with Gasteiger partial charge in [-0.1, -0.05) is 29.3 Å². The molecule has 0 fully saturated rings. The second kappa shape index (κ2) is 5.78. The van der Waals surface area contributed by atoms with E-state index in [9.17, 15) is 4.79 Å². The summed E-state index contributed by atoms with van der Waals surface area (Å²) in [6.45, 7) is 3.88. The van der Waals surface area contributed by atoms with Crippen LogP contribution >= 0.6 is 11.6 Å². The molecule has 110 valence electrons. The number of aromatic nitrogens is 1. The Morgan fingerprint density at radius 1 is 1.14 bits per heavy atom. The first-order chi connectivity index (χ1) is 10.6. The van der Waals surface area contributed by atoms with Crippen LogP contribution in [0.25, 0.3) is 10.9 Å². The van der Waals surface area contributed by atoms with Crippen molar-refractivity contribution in [3.8, 4) is 5.75 Å². The van der Waals surface area contributed by atoms with Crippen LogP contribution in [0.3, 0.4) is 0 Å². The zero-order valence-corrected chi connectivity index (χ0v) is 13.0. The van der Waals surface area contributed by atoms with E-state index in [1.807, 2.05) is 32.0 Å². The quantitative estimate of drug-likeness (QED) is 0.507. The monoisotopic (exact) mass is 311 g/mol. The van der Waals surface area contributed by atoms with E-state index in [0.717, 1.165) is 16.5 Å². The smallest absolute Gasteiger partial charge is 0.343 e. The van der Waals surface area contributed by atoms with E-state index in [1.54, 1.807) is 30.5 Å². The van der Waals surface area contributed by atoms with Gasteiger partial charge in [0.05, 0.1) is 10.6 Å². The van der Waals surface area contributed by atoms with Crippen molar-refractivity contribution in [2.75, 3.05) is 0 Å². The molecule has 0 bridgehead atoms. The number of fused-ring (bicyclic) bond motifs is 1. The minimum atomic E-state index is -0.397. The summed E-state index contributed by atoms with van der Waals surface area (Å²) in [5.74, 6) is 0.0109. The van der Waals surface area contributed by atoms with Crippen molar-refractivity contribution in [1.82, 2.24) is 4.98 Å². The molecular formula is C18H14ClNO2. The van der Waals surface area contributed by atoms with Crippen LogP contribution in [0.2, 0.25) is 5.02 Å². The minimum Gasteiger partial charge on any atom is -0.421 e. The Labute approximate surface area is 133 Å². The number of ether oxygens (including phenoxy) is 1. The first-order valence-electron chi connectivity index (χ1n) is 6.89. The number of benzene rings is 2. The number of halogens is 1. The van der Waals surface area contributed by atoms with E-state index >= 15 is 0 Å². The van der Waals surface area contributed by atoms with Crippen LogP contribution in [0.15, 0.2) is 48.7 Å². The number of hydrogen-bond donors (Lipinski definition) is 0. The molecule has 3 nitrogen and oxygen atoms in total. The van der Waals surface area contributed by atoms with Crippen LogP contribution in [0.1, 0.15) is 21.5 Å². The summed E-state index contributed by atoms with van der Waals surface area (Å²) in [5.41, 5.74) is 3.11. The van der Waals surface area contributed by atoms with Gasteiger partial charge in [-0.2, -0.15) is 0 Å². The summed E-state index contributed by atoms with van der Waals surface area (Å²) >= 11 is 6.14. The third-order valence-corrected chi connectivity index (χ3v) is 3.81. The maximum absolute atomic E-state index is 12.4. The predicted molar refractivity (Wildman–Crippen MR) is 87.6 cm³/mol. The Bertz CT molecular complexity index is 874. The Morgan fingerprint density at radius 2 is 1.95 bits per heavy atom. The number of nitrogens with zero attached hydrogens (tertiary/aromatic N) is 1. The number of carbonyl (C=O) groups excluding carboxylic acids is 1. The van der Waals surface area contributed by atoms with E-state index in [2.05, 4.69) is 4.98 Å². The number of pyridine rings is 1. The van der Waals surface area contributed by atoms with Crippen molar-refractivity contribution < 1.29 is 9.53 Å². The molecule has 0 N–H and O–H groups in total. The normalized spacial score (nSPS) is 10.7. The lowest BCUT2D eigenvalue weighted by Gasteiger charge is -2.10. The predicted octanol–water partition coefficient (Wildman–Crippen LogP) is 4.72. The number of aryl methyl sites for hydroxylation is 2. The topological polar surface area (TPSA) is 39.2 Å². The molecule has 22 heavy (non-hydrogen) atoms. The SMILES string of the molecule is Cc1ccc(C(=O)Oc2ccc(Cl)c3cccnc23)c(C)c1. The van der Waals surface area contributed by atoms with Crippen molar-refractivity contribution in [3.05, 3.63) is 70.4 Å². The van der Waals surface area contributed by atoms with Crippen LogP contribution in [0.5, 0.6) is 5.75 Å². The van der Waals surface area contributed by atoms with Gasteiger partial charge in [-0.15, -0.1) is 0 Å². The lowest BCUT2D eigenvalue weighted by molar-refractivity contribution is 0.0736. The van der Waals surface area contributed by atoms with Gasteiger partial charge in [0.1, 0.15) is 5.52 Å². The van der Waals surface area contributed by atoms with Crippen molar-refractivity contribution in [1.29, 1.82) is 0 Å². The number of esters is 1. The average Bonchev–Trinajstić information content (AvgIpc) is 2.50. The number of hydrogen-bond acceptors (Lipinski definition) is 3. The first kappa shape index (κ1) is 14.5. The lowest BCUT2D eigenvalue weighted by Crippen LogP contribution is -2.10. The Balaban J connectivity index is 2.00. The van der Waals surface area contributed by atoms with E-state index in [0.29, 0.717) is 21.9 Å². The zero-order valence-electron chi connectivity index (χ0n) is 12.3. The molecule has 4 heteroatoms. The molecule has 0 saturated carbocycles. The zero-order chi connectivity index (χ0) is 15.7. The molecule has 3 aromatic rings. The standard InChI is InChI=1S/C18H14ClNO2/c1-11-5-6-13(12(2)10-11)18(21)22-16-8-7-15(19)14-4-3-9-20-17(14)16/h3-10H,1-2H3. The van der Waals surface area contributed by atoms with Crippen molar-refractivity contribution >= 4 is 28.5 Å². The van der Waals surface area contributed by atoms with Gasteiger partial charge in [0, 0.05) is 11.6 Å². The molecular weight excluding hydrogens is 298 g/mol. The summed E-state index contributed by atoms with van der Waals surface area (Å²) < 4.78 is 5.53. The molecule has 0 amide bonds. The van der Waals surface area contributed by atoms with Crippen molar-refractivity contribution in [3.63, 3.8) is 0 Å². The summed E-state index contributed by atoms with van der Waals surface area (Å²) in [4.78, 5) is 16.7. The Kier molecular flexibility index (Phi) is 3.82. The fourth-order valence-electron chi connectivity index (χ4n) is 2.39. The highest BCUT2D eigenvalue weighted by molar-refractivity contribution is 6.35. The maximum Gasteiger partial charge on any atom is 0.343 e. The van der Waals surface area contributed by atoms with Crippen molar-refractivity contribution in [2.24, 2.45) is 0 Å². The second-order valence-corrected chi connectivity index (χ2v) is 5.56. The Morgan fingerprint density at radius 3 is 2.73 bits per heavy atom. The van der Waals surface area contributed by atoms with Gasteiger partial charge >= 0.3 is 5.97 Å². The van der Waals surface area contributed by atoms with Gasteiger partial charge in [-0.25, -0.2) is 4.79 Å². The van der Waals surface area contributed by atoms with Crippen LogP contribution in [-0.2, 0) is 0 Å². The van der Waals surface area contributed by atoms with Crippen molar-refractivity contribution in [2.45, 2.75) is 13.8 Å². The highest BCUT2D eigenvalue weighted by Crippen LogP contribution is 2.30. The second-order valence-electron chi connectivity index (χ2n) is 5.15. The van der Waals surface area contributed by atoms with Crippen LogP contribution in [0.4, 0.5) is 0 Å². The highest BCUT2D eigenvalue weighted by Gasteiger charge is 2.14. The fourth-order valence-corrected chi connectivity index (χ4v) is 2.61. The molecule has 0 spiro atoms. The molecule has 0 radical (unpaired) electrons. The fraction of sp³-hybridized carbons (Fsp3) is 0.111. The molecule has 1 heterocycles. The average molecular weight is 312 g/mol. The molecule has 0 aliphatic carbocycles. The van der Waals surface area contributed by atoms with Crippen LogP contribution < -0.4 is 4.74 Å². The van der Waals surface area contributed by atoms with Gasteiger partial charge in [0.2, 0.25) is 0 Å². The number of carbonyl (C=O) groups is 1. The Hall–Kier alpha value is -2.39. The maximum atomic E-state index is 12.4. The van der Waals surface area contributed by atoms with E-state index in [4.69, 9.17) is 16.3 Å². The molecule has 3 rings (SSSR count). The third-order valence-electron chi connectivity index (χ3n) is 3.48. The first-order valence-corrected chi connectivity index (χ1v) is 7.27. The van der Waals surface area contributed by atoms with Crippen LogP contribution in [-0.4, -0.2) is 11.0 Å².